The van der Waals surface area contributed by atoms with E-state index in [4.69, 9.17) is 10.7 Å². The first-order valence-corrected chi connectivity index (χ1v) is 14.6. The fourth-order valence-corrected chi connectivity index (χ4v) is 5.76. The van der Waals surface area contributed by atoms with Crippen LogP contribution in [0, 0.1) is 5.92 Å². The highest BCUT2D eigenvalue weighted by Gasteiger charge is 2.29. The molecule has 7 nitrogen and oxygen atoms in total. The van der Waals surface area contributed by atoms with Gasteiger partial charge in [0, 0.05) is 36.7 Å². The number of aromatic nitrogens is 1. The Labute approximate surface area is 220 Å². The van der Waals surface area contributed by atoms with Crippen molar-refractivity contribution in [2.45, 2.75) is 51.1 Å². The van der Waals surface area contributed by atoms with Gasteiger partial charge in [0.2, 0.25) is 15.9 Å². The first-order chi connectivity index (χ1) is 17.6. The van der Waals surface area contributed by atoms with Crippen LogP contribution in [0.2, 0.25) is 0 Å². The molecule has 1 fully saturated rings. The summed E-state index contributed by atoms with van der Waals surface area (Å²) in [5.74, 6) is 0.197. The molecule has 37 heavy (non-hydrogen) atoms. The lowest BCUT2D eigenvalue weighted by Gasteiger charge is -2.33. The standard InChI is InChI=1S/C29H36N4O3S/c1-20(30)22-11-13-24(14-12-22)29-27(23-7-5-4-6-8-23)18-25(19-31-29)32-28(34)17-21-9-15-26(16-10-21)33(2)37(3,35)36/h4-8,11-14,18-21,26H,9-10,15-17,30H2,1-3H3,(H,32,34)/t20-,21?,26?/m0/s1. The maximum atomic E-state index is 12.9. The molecule has 3 N–H and O–H groups in total. The van der Waals surface area contributed by atoms with E-state index in [0.29, 0.717) is 12.1 Å². The Morgan fingerprint density at radius 2 is 1.70 bits per heavy atom. The number of pyridine rings is 1. The van der Waals surface area contributed by atoms with Crippen molar-refractivity contribution in [3.05, 3.63) is 72.4 Å². The maximum absolute atomic E-state index is 12.9. The monoisotopic (exact) mass is 520 g/mol. The number of carbonyl (C=O) groups is 1. The molecular weight excluding hydrogens is 484 g/mol. The van der Waals surface area contributed by atoms with Gasteiger partial charge in [0.1, 0.15) is 0 Å². The molecule has 0 bridgehead atoms. The lowest BCUT2D eigenvalue weighted by Crippen LogP contribution is -2.39. The minimum atomic E-state index is -3.20. The average Bonchev–Trinajstić information content (AvgIpc) is 2.88. The second kappa shape index (κ2) is 11.5. The zero-order valence-corrected chi connectivity index (χ0v) is 22.5. The zero-order valence-electron chi connectivity index (χ0n) is 21.7. The van der Waals surface area contributed by atoms with Crippen LogP contribution in [0.5, 0.6) is 0 Å². The van der Waals surface area contributed by atoms with Crippen LogP contribution in [-0.2, 0) is 14.8 Å². The van der Waals surface area contributed by atoms with Crippen molar-refractivity contribution < 1.29 is 13.2 Å². The Hall–Kier alpha value is -3.07. The molecule has 1 heterocycles. The van der Waals surface area contributed by atoms with Crippen LogP contribution in [0.25, 0.3) is 22.4 Å². The molecule has 1 aliphatic carbocycles. The number of amides is 1. The highest BCUT2D eigenvalue weighted by molar-refractivity contribution is 7.88. The highest BCUT2D eigenvalue weighted by Crippen LogP contribution is 2.34. The molecule has 3 aromatic rings. The van der Waals surface area contributed by atoms with Crippen molar-refractivity contribution >= 4 is 21.6 Å². The predicted octanol–water partition coefficient (Wildman–Crippen LogP) is 5.21. The minimum absolute atomic E-state index is 0.0154. The minimum Gasteiger partial charge on any atom is -0.325 e. The van der Waals surface area contributed by atoms with Gasteiger partial charge >= 0.3 is 0 Å². The molecule has 8 heteroatoms. The molecule has 1 atom stereocenters. The molecule has 1 aliphatic rings. The van der Waals surface area contributed by atoms with Gasteiger partial charge in [-0.25, -0.2) is 12.7 Å². The highest BCUT2D eigenvalue weighted by atomic mass is 32.2. The molecule has 196 valence electrons. The number of anilines is 1. The van der Waals surface area contributed by atoms with E-state index in [2.05, 4.69) is 5.32 Å². The molecule has 1 amide bonds. The molecule has 2 aromatic carbocycles. The van der Waals surface area contributed by atoms with Crippen molar-refractivity contribution in [3.8, 4) is 22.4 Å². The molecule has 1 saturated carbocycles. The van der Waals surface area contributed by atoms with Gasteiger partial charge in [-0.05, 0) is 55.7 Å². The van der Waals surface area contributed by atoms with E-state index in [9.17, 15) is 13.2 Å². The van der Waals surface area contributed by atoms with E-state index in [0.717, 1.165) is 53.6 Å². The second-order valence-electron chi connectivity index (χ2n) is 10.1. The molecule has 0 unspecified atom stereocenters. The summed E-state index contributed by atoms with van der Waals surface area (Å²) in [5, 5.41) is 3.04. The number of hydrogen-bond acceptors (Lipinski definition) is 5. The SMILES string of the molecule is C[C@H](N)c1ccc(-c2ncc(NC(=O)CC3CCC(N(C)S(C)(=O)=O)CC3)cc2-c2ccccc2)cc1. The molecular formula is C29H36N4O3S. The topological polar surface area (TPSA) is 105 Å². The molecule has 0 saturated heterocycles. The lowest BCUT2D eigenvalue weighted by atomic mass is 9.84. The van der Waals surface area contributed by atoms with E-state index in [1.54, 1.807) is 13.2 Å². The predicted molar refractivity (Wildman–Crippen MR) is 149 cm³/mol. The Kier molecular flexibility index (Phi) is 8.42. The molecule has 0 spiro atoms. The Bertz CT molecular complexity index is 1320. The number of sulfonamides is 1. The van der Waals surface area contributed by atoms with Crippen LogP contribution >= 0.6 is 0 Å². The van der Waals surface area contributed by atoms with E-state index in [1.165, 1.54) is 10.6 Å². The largest absolute Gasteiger partial charge is 0.325 e. The molecule has 1 aromatic heterocycles. The lowest BCUT2D eigenvalue weighted by molar-refractivity contribution is -0.117. The number of rotatable bonds is 8. The maximum Gasteiger partial charge on any atom is 0.224 e. The summed E-state index contributed by atoms with van der Waals surface area (Å²) < 4.78 is 25.1. The Morgan fingerprint density at radius 3 is 2.30 bits per heavy atom. The molecule has 4 rings (SSSR count). The Balaban J connectivity index is 1.47. The van der Waals surface area contributed by atoms with Crippen molar-refractivity contribution in [1.82, 2.24) is 9.29 Å². The number of nitrogens with one attached hydrogen (secondary N) is 1. The van der Waals surface area contributed by atoms with Crippen LogP contribution in [0.1, 0.15) is 50.6 Å². The third kappa shape index (κ3) is 6.83. The van der Waals surface area contributed by atoms with E-state index in [-0.39, 0.29) is 23.9 Å². The van der Waals surface area contributed by atoms with Crippen LogP contribution in [0.15, 0.2) is 66.9 Å². The van der Waals surface area contributed by atoms with Gasteiger partial charge in [-0.15, -0.1) is 0 Å². The van der Waals surface area contributed by atoms with Gasteiger partial charge in [-0.2, -0.15) is 0 Å². The van der Waals surface area contributed by atoms with E-state index in [1.807, 2.05) is 67.6 Å². The van der Waals surface area contributed by atoms with Crippen molar-refractivity contribution in [2.75, 3.05) is 18.6 Å². The number of benzene rings is 2. The fraction of sp³-hybridized carbons (Fsp3) is 0.379. The van der Waals surface area contributed by atoms with Crippen LogP contribution in [-0.4, -0.2) is 43.0 Å². The second-order valence-corrected chi connectivity index (χ2v) is 12.1. The summed E-state index contributed by atoms with van der Waals surface area (Å²) in [7, 11) is -1.56. The summed E-state index contributed by atoms with van der Waals surface area (Å²) in [4.78, 5) is 17.6. The summed E-state index contributed by atoms with van der Waals surface area (Å²) >= 11 is 0. The number of nitrogens with zero attached hydrogens (tertiary/aromatic N) is 2. The van der Waals surface area contributed by atoms with Crippen molar-refractivity contribution in [1.29, 1.82) is 0 Å². The summed E-state index contributed by atoms with van der Waals surface area (Å²) in [6.45, 7) is 1.96. The third-order valence-corrected chi connectivity index (χ3v) is 8.64. The normalized spacial score (nSPS) is 18.9. The number of carbonyl (C=O) groups excluding carboxylic acids is 1. The number of hydrogen-bond donors (Lipinski definition) is 2. The first kappa shape index (κ1) is 27.0. The van der Waals surface area contributed by atoms with Gasteiger partial charge in [0.05, 0.1) is 23.8 Å². The third-order valence-electron chi connectivity index (χ3n) is 7.29. The summed E-state index contributed by atoms with van der Waals surface area (Å²) in [6, 6.07) is 20.1. The quantitative estimate of drug-likeness (QED) is 0.424. The van der Waals surface area contributed by atoms with Gasteiger partial charge < -0.3 is 11.1 Å². The van der Waals surface area contributed by atoms with E-state index < -0.39 is 10.0 Å². The van der Waals surface area contributed by atoms with Crippen LogP contribution < -0.4 is 11.1 Å². The summed E-state index contributed by atoms with van der Waals surface area (Å²) in [6.07, 6.45) is 6.58. The Morgan fingerprint density at radius 1 is 1.05 bits per heavy atom. The molecule has 0 aliphatic heterocycles. The fourth-order valence-electron chi connectivity index (χ4n) is 5.00. The van der Waals surface area contributed by atoms with Gasteiger partial charge in [0.25, 0.3) is 0 Å². The van der Waals surface area contributed by atoms with Crippen LogP contribution in [0.4, 0.5) is 5.69 Å². The van der Waals surface area contributed by atoms with Crippen LogP contribution in [0.3, 0.4) is 0 Å². The molecule has 0 radical (unpaired) electrons. The van der Waals surface area contributed by atoms with Gasteiger partial charge in [-0.3, -0.25) is 9.78 Å². The first-order valence-electron chi connectivity index (χ1n) is 12.8. The zero-order chi connectivity index (χ0) is 26.6. The van der Waals surface area contributed by atoms with Gasteiger partial charge in [-0.1, -0.05) is 54.6 Å². The van der Waals surface area contributed by atoms with Crippen molar-refractivity contribution in [3.63, 3.8) is 0 Å². The van der Waals surface area contributed by atoms with Crippen molar-refractivity contribution in [2.24, 2.45) is 11.7 Å². The summed E-state index contributed by atoms with van der Waals surface area (Å²) in [5.41, 5.74) is 11.5. The smallest absolute Gasteiger partial charge is 0.224 e. The average molecular weight is 521 g/mol. The number of nitrogens with two attached hydrogens (primary N) is 1. The van der Waals surface area contributed by atoms with E-state index >= 15 is 0 Å². The van der Waals surface area contributed by atoms with Gasteiger partial charge in [0.15, 0.2) is 0 Å².